The highest BCUT2D eigenvalue weighted by atomic mass is 19.2. The Morgan fingerprint density at radius 1 is 1.14 bits per heavy atom. The van der Waals surface area contributed by atoms with Crippen LogP contribution in [0.4, 0.5) is 26.4 Å². The lowest BCUT2D eigenvalue weighted by Gasteiger charge is -2.08. The normalized spacial score (nSPS) is 10.6. The van der Waals surface area contributed by atoms with Gasteiger partial charge in [-0.1, -0.05) is 6.07 Å². The molecule has 1 aromatic carbocycles. The number of halogens is 2. The van der Waals surface area contributed by atoms with Crippen LogP contribution >= 0.6 is 0 Å². The SMILES string of the molecule is Nc1nc(Nc2cccc(F)c2F)nc(-n2cncn2)n1. The van der Waals surface area contributed by atoms with Gasteiger partial charge >= 0.3 is 0 Å². The Morgan fingerprint density at radius 3 is 2.76 bits per heavy atom. The van der Waals surface area contributed by atoms with Gasteiger partial charge in [-0.3, -0.25) is 0 Å². The number of nitrogens with one attached hydrogen (secondary N) is 1. The molecule has 0 fully saturated rings. The lowest BCUT2D eigenvalue weighted by Crippen LogP contribution is -2.10. The summed E-state index contributed by atoms with van der Waals surface area (Å²) >= 11 is 0. The number of benzene rings is 1. The predicted octanol–water partition coefficient (Wildman–Crippen LogP) is 1.06. The molecule has 0 aliphatic carbocycles. The molecule has 0 aliphatic heterocycles. The number of nitrogens with two attached hydrogens (primary N) is 1. The van der Waals surface area contributed by atoms with E-state index in [4.69, 9.17) is 5.73 Å². The van der Waals surface area contributed by atoms with E-state index in [2.05, 4.69) is 30.4 Å². The number of rotatable bonds is 3. The third kappa shape index (κ3) is 2.59. The molecule has 0 aliphatic rings. The fraction of sp³-hybridized carbons (Fsp3) is 0. The number of anilines is 3. The summed E-state index contributed by atoms with van der Waals surface area (Å²) in [5, 5.41) is 6.38. The van der Waals surface area contributed by atoms with E-state index in [1.54, 1.807) is 0 Å². The van der Waals surface area contributed by atoms with Crippen molar-refractivity contribution in [3.8, 4) is 5.95 Å². The van der Waals surface area contributed by atoms with Crippen molar-refractivity contribution < 1.29 is 8.78 Å². The van der Waals surface area contributed by atoms with Gasteiger partial charge in [0, 0.05) is 0 Å². The minimum Gasteiger partial charge on any atom is -0.368 e. The third-order valence-electron chi connectivity index (χ3n) is 2.46. The summed E-state index contributed by atoms with van der Waals surface area (Å²) in [5.74, 6) is -2.08. The fourth-order valence-corrected chi connectivity index (χ4v) is 1.57. The van der Waals surface area contributed by atoms with Gasteiger partial charge < -0.3 is 11.1 Å². The van der Waals surface area contributed by atoms with Crippen molar-refractivity contribution in [1.82, 2.24) is 29.7 Å². The van der Waals surface area contributed by atoms with Crippen LogP contribution in [0.2, 0.25) is 0 Å². The molecule has 3 N–H and O–H groups in total. The maximum absolute atomic E-state index is 13.6. The molecule has 0 amide bonds. The minimum atomic E-state index is -1.04. The van der Waals surface area contributed by atoms with Crippen LogP contribution in [0.1, 0.15) is 0 Å². The van der Waals surface area contributed by atoms with Gasteiger partial charge in [0.15, 0.2) is 11.6 Å². The van der Waals surface area contributed by atoms with Crippen LogP contribution in [-0.2, 0) is 0 Å². The van der Waals surface area contributed by atoms with Crippen molar-refractivity contribution >= 4 is 17.6 Å². The first kappa shape index (κ1) is 12.8. The van der Waals surface area contributed by atoms with Gasteiger partial charge in [-0.25, -0.2) is 13.8 Å². The Labute approximate surface area is 116 Å². The average molecular weight is 290 g/mol. The summed E-state index contributed by atoms with van der Waals surface area (Å²) in [6.07, 6.45) is 2.65. The maximum atomic E-state index is 13.6. The fourth-order valence-electron chi connectivity index (χ4n) is 1.57. The molecule has 0 saturated heterocycles. The van der Waals surface area contributed by atoms with E-state index in [0.717, 1.165) is 6.07 Å². The second-order valence-electron chi connectivity index (χ2n) is 3.88. The third-order valence-corrected chi connectivity index (χ3v) is 2.46. The van der Waals surface area contributed by atoms with Crippen LogP contribution in [-0.4, -0.2) is 29.7 Å². The Kier molecular flexibility index (Phi) is 3.10. The molecule has 2 heterocycles. The van der Waals surface area contributed by atoms with Gasteiger partial charge in [-0.2, -0.15) is 24.7 Å². The highest BCUT2D eigenvalue weighted by Crippen LogP contribution is 2.20. The second-order valence-corrected chi connectivity index (χ2v) is 3.88. The summed E-state index contributed by atoms with van der Waals surface area (Å²) in [6.45, 7) is 0. The minimum absolute atomic E-state index is 0.0440. The first-order chi connectivity index (χ1) is 10.1. The largest absolute Gasteiger partial charge is 0.368 e. The highest BCUT2D eigenvalue weighted by molar-refractivity contribution is 5.55. The molecule has 2 aromatic heterocycles. The lowest BCUT2D eigenvalue weighted by molar-refractivity contribution is 0.511. The number of hydrogen-bond acceptors (Lipinski definition) is 7. The molecule has 0 saturated carbocycles. The van der Waals surface area contributed by atoms with Crippen molar-refractivity contribution in [3.05, 3.63) is 42.5 Å². The standard InChI is InChI=1S/C11H8F2N8/c12-6-2-1-3-7(8(6)13)17-10-18-9(14)19-11(20-10)21-5-15-4-16-21/h1-5H,(H3,14,17,18,19,20). The van der Waals surface area contributed by atoms with E-state index in [1.807, 2.05) is 0 Å². The molecule has 0 spiro atoms. The maximum Gasteiger partial charge on any atom is 0.258 e. The van der Waals surface area contributed by atoms with Crippen molar-refractivity contribution in [2.75, 3.05) is 11.1 Å². The summed E-state index contributed by atoms with van der Waals surface area (Å²) in [6, 6.07) is 3.69. The van der Waals surface area contributed by atoms with Gasteiger partial charge in [0.05, 0.1) is 5.69 Å². The Balaban J connectivity index is 1.98. The molecule has 0 unspecified atom stereocenters. The zero-order valence-corrected chi connectivity index (χ0v) is 10.4. The van der Waals surface area contributed by atoms with Crippen molar-refractivity contribution in [2.24, 2.45) is 0 Å². The summed E-state index contributed by atoms with van der Waals surface area (Å²) in [5.41, 5.74) is 5.44. The monoisotopic (exact) mass is 290 g/mol. The number of nitrogens with zero attached hydrogens (tertiary/aromatic N) is 6. The molecule has 10 heteroatoms. The molecule has 0 bridgehead atoms. The molecule has 106 valence electrons. The van der Waals surface area contributed by atoms with Gasteiger partial charge in [0.2, 0.25) is 11.9 Å². The van der Waals surface area contributed by atoms with Gasteiger partial charge in [-0.15, -0.1) is 0 Å². The molecule has 3 aromatic rings. The summed E-state index contributed by atoms with van der Waals surface area (Å²) in [7, 11) is 0. The molecule has 21 heavy (non-hydrogen) atoms. The van der Waals surface area contributed by atoms with Gasteiger partial charge in [0.1, 0.15) is 12.7 Å². The zero-order chi connectivity index (χ0) is 14.8. The van der Waals surface area contributed by atoms with Crippen LogP contribution in [0.15, 0.2) is 30.9 Å². The average Bonchev–Trinajstić information content (AvgIpc) is 2.97. The quantitative estimate of drug-likeness (QED) is 0.742. The van der Waals surface area contributed by atoms with E-state index >= 15 is 0 Å². The Bertz CT molecular complexity index is 774. The predicted molar refractivity (Wildman–Crippen MR) is 68.8 cm³/mol. The van der Waals surface area contributed by atoms with E-state index < -0.39 is 11.6 Å². The van der Waals surface area contributed by atoms with Crippen molar-refractivity contribution in [1.29, 1.82) is 0 Å². The molecule has 3 rings (SSSR count). The molecule has 8 nitrogen and oxygen atoms in total. The first-order valence-electron chi connectivity index (χ1n) is 5.71. The molecule has 0 atom stereocenters. The van der Waals surface area contributed by atoms with E-state index in [9.17, 15) is 8.78 Å². The number of nitrogen functional groups attached to an aromatic ring is 1. The number of hydrogen-bond donors (Lipinski definition) is 2. The number of aromatic nitrogens is 6. The van der Waals surface area contributed by atoms with Crippen molar-refractivity contribution in [3.63, 3.8) is 0 Å². The molecule has 0 radical (unpaired) electrons. The smallest absolute Gasteiger partial charge is 0.258 e. The van der Waals surface area contributed by atoms with E-state index in [-0.39, 0.29) is 23.5 Å². The molecular weight excluding hydrogens is 282 g/mol. The van der Waals surface area contributed by atoms with Gasteiger partial charge in [0.25, 0.3) is 5.95 Å². The van der Waals surface area contributed by atoms with Crippen molar-refractivity contribution in [2.45, 2.75) is 0 Å². The highest BCUT2D eigenvalue weighted by Gasteiger charge is 2.11. The van der Waals surface area contributed by atoms with Crippen LogP contribution in [0.25, 0.3) is 5.95 Å². The zero-order valence-electron chi connectivity index (χ0n) is 10.4. The topological polar surface area (TPSA) is 107 Å². The Hall–Kier alpha value is -3.17. The first-order valence-corrected chi connectivity index (χ1v) is 5.71. The van der Waals surface area contributed by atoms with Crippen LogP contribution in [0.3, 0.4) is 0 Å². The van der Waals surface area contributed by atoms with E-state index in [0.29, 0.717) is 0 Å². The lowest BCUT2D eigenvalue weighted by atomic mass is 10.3. The van der Waals surface area contributed by atoms with Gasteiger partial charge in [-0.05, 0) is 12.1 Å². The summed E-state index contributed by atoms with van der Waals surface area (Å²) < 4.78 is 28.0. The van der Waals surface area contributed by atoms with Crippen LogP contribution < -0.4 is 11.1 Å². The van der Waals surface area contributed by atoms with E-state index in [1.165, 1.54) is 29.5 Å². The second kappa shape index (κ2) is 5.07. The van der Waals surface area contributed by atoms with Crippen LogP contribution in [0.5, 0.6) is 0 Å². The van der Waals surface area contributed by atoms with Crippen LogP contribution in [0, 0.1) is 11.6 Å². The Morgan fingerprint density at radius 2 is 2.00 bits per heavy atom. The molecular formula is C11H8F2N8. The summed E-state index contributed by atoms with van der Waals surface area (Å²) in [4.78, 5) is 15.4.